The maximum atomic E-state index is 12.0. The predicted octanol–water partition coefficient (Wildman–Crippen LogP) is 4.78. The van der Waals surface area contributed by atoms with Gasteiger partial charge >= 0.3 is 6.36 Å². The van der Waals surface area contributed by atoms with Crippen LogP contribution in [0, 0.1) is 6.92 Å². The smallest absolute Gasteiger partial charge is 0.406 e. The summed E-state index contributed by atoms with van der Waals surface area (Å²) in [6.45, 7) is 1.89. The Balaban J connectivity index is 0.00000242. The third-order valence-electron chi connectivity index (χ3n) is 2.63. The highest BCUT2D eigenvalue weighted by molar-refractivity contribution is 6.04. The lowest BCUT2D eigenvalue weighted by molar-refractivity contribution is -0.274. The van der Waals surface area contributed by atoms with Crippen LogP contribution in [0.1, 0.15) is 23.3 Å². The molecule has 0 aliphatic heterocycles. The van der Waals surface area contributed by atoms with Crippen molar-refractivity contribution in [2.45, 2.75) is 20.7 Å². The highest BCUT2D eigenvalue weighted by Crippen LogP contribution is 2.23. The lowest BCUT2D eigenvalue weighted by Crippen LogP contribution is -2.17. The number of aryl methyl sites for hydroxylation is 1. The molecule has 0 radical (unpaired) electrons. The van der Waals surface area contributed by atoms with Crippen molar-refractivity contribution >= 4 is 11.6 Å². The third kappa shape index (κ3) is 5.12. The number of hydrogen-bond donors (Lipinski definition) is 1. The summed E-state index contributed by atoms with van der Waals surface area (Å²) in [7, 11) is 0. The minimum atomic E-state index is -4.74. The molecule has 2 rings (SSSR count). The minimum Gasteiger partial charge on any atom is -0.406 e. The first-order valence-corrected chi connectivity index (χ1v) is 6.07. The van der Waals surface area contributed by atoms with E-state index in [-0.39, 0.29) is 18.7 Å². The lowest BCUT2D eigenvalue weighted by atomic mass is 10.2. The fraction of sp³-hybridized carbons (Fsp3) is 0.188. The zero-order valence-electron chi connectivity index (χ0n) is 11.1. The molecule has 0 atom stereocenters. The van der Waals surface area contributed by atoms with Gasteiger partial charge in [-0.05, 0) is 48.9 Å². The molecule has 1 amide bonds. The van der Waals surface area contributed by atoms with Crippen LogP contribution < -0.4 is 10.1 Å². The van der Waals surface area contributed by atoms with E-state index in [2.05, 4.69) is 10.1 Å². The first-order chi connectivity index (χ1) is 9.83. The zero-order valence-corrected chi connectivity index (χ0v) is 11.1. The number of alkyl halides is 3. The van der Waals surface area contributed by atoms with Crippen molar-refractivity contribution < 1.29 is 22.7 Å². The van der Waals surface area contributed by atoms with Gasteiger partial charge in [-0.3, -0.25) is 4.79 Å². The van der Waals surface area contributed by atoms with Gasteiger partial charge in [0.05, 0.1) is 0 Å². The van der Waals surface area contributed by atoms with E-state index >= 15 is 0 Å². The molecule has 0 aromatic heterocycles. The number of rotatable bonds is 3. The van der Waals surface area contributed by atoms with Crippen LogP contribution in [-0.4, -0.2) is 12.3 Å². The lowest BCUT2D eigenvalue weighted by Gasteiger charge is -2.09. The molecular weight excluding hydrogens is 295 g/mol. The SMILES string of the molecule is C.Cc1cccc(NC(=O)c2ccc(OC(F)(F)F)cc2)c1. The minimum absolute atomic E-state index is 0. The number of hydrogen-bond acceptors (Lipinski definition) is 2. The maximum absolute atomic E-state index is 12.0. The summed E-state index contributed by atoms with van der Waals surface area (Å²) in [6.07, 6.45) is -4.74. The van der Waals surface area contributed by atoms with Crippen LogP contribution in [0.15, 0.2) is 48.5 Å². The number of benzene rings is 2. The van der Waals surface area contributed by atoms with Crippen molar-refractivity contribution in [1.82, 2.24) is 0 Å². The highest BCUT2D eigenvalue weighted by atomic mass is 19.4. The molecule has 0 saturated heterocycles. The number of nitrogens with one attached hydrogen (secondary N) is 1. The van der Waals surface area contributed by atoms with Gasteiger partial charge in [-0.25, -0.2) is 0 Å². The van der Waals surface area contributed by atoms with Crippen LogP contribution in [0.3, 0.4) is 0 Å². The van der Waals surface area contributed by atoms with Gasteiger partial charge in [0.2, 0.25) is 0 Å². The summed E-state index contributed by atoms with van der Waals surface area (Å²) in [5.41, 5.74) is 1.85. The monoisotopic (exact) mass is 311 g/mol. The second-order valence-corrected chi connectivity index (χ2v) is 4.40. The Kier molecular flexibility index (Phi) is 5.56. The molecule has 22 heavy (non-hydrogen) atoms. The Morgan fingerprint density at radius 3 is 2.27 bits per heavy atom. The third-order valence-corrected chi connectivity index (χ3v) is 2.63. The van der Waals surface area contributed by atoms with Crippen LogP contribution in [0.5, 0.6) is 5.75 Å². The van der Waals surface area contributed by atoms with E-state index in [0.29, 0.717) is 5.69 Å². The molecule has 6 heteroatoms. The van der Waals surface area contributed by atoms with E-state index in [1.807, 2.05) is 13.0 Å². The molecule has 0 aliphatic carbocycles. The van der Waals surface area contributed by atoms with E-state index in [4.69, 9.17) is 0 Å². The number of ether oxygens (including phenoxy) is 1. The number of anilines is 1. The fourth-order valence-electron chi connectivity index (χ4n) is 1.73. The summed E-state index contributed by atoms with van der Waals surface area (Å²) in [5, 5.41) is 2.66. The van der Waals surface area contributed by atoms with E-state index < -0.39 is 12.3 Å². The average molecular weight is 311 g/mol. The Morgan fingerprint density at radius 2 is 1.73 bits per heavy atom. The Bertz CT molecular complexity index is 637. The number of carbonyl (C=O) groups excluding carboxylic acids is 1. The molecule has 2 aromatic carbocycles. The largest absolute Gasteiger partial charge is 0.573 e. The topological polar surface area (TPSA) is 38.3 Å². The number of amides is 1. The average Bonchev–Trinajstić information content (AvgIpc) is 2.37. The van der Waals surface area contributed by atoms with Crippen LogP contribution in [0.4, 0.5) is 18.9 Å². The molecule has 2 aromatic rings. The van der Waals surface area contributed by atoms with Crippen molar-refractivity contribution in [1.29, 1.82) is 0 Å². The highest BCUT2D eigenvalue weighted by Gasteiger charge is 2.31. The second-order valence-electron chi connectivity index (χ2n) is 4.40. The quantitative estimate of drug-likeness (QED) is 0.885. The number of halogens is 3. The molecule has 0 spiro atoms. The summed E-state index contributed by atoms with van der Waals surface area (Å²) >= 11 is 0. The molecule has 0 aliphatic rings. The standard InChI is InChI=1S/C15H12F3NO2.CH4/c1-10-3-2-4-12(9-10)19-14(20)11-5-7-13(8-6-11)21-15(16,17)18;/h2-9H,1H3,(H,19,20);1H4. The molecule has 0 heterocycles. The van der Waals surface area contributed by atoms with Gasteiger partial charge in [0.25, 0.3) is 5.91 Å². The van der Waals surface area contributed by atoms with E-state index in [1.165, 1.54) is 12.1 Å². The van der Waals surface area contributed by atoms with Crippen molar-refractivity contribution in [3.63, 3.8) is 0 Å². The van der Waals surface area contributed by atoms with Crippen molar-refractivity contribution in [2.75, 3.05) is 5.32 Å². The van der Waals surface area contributed by atoms with Crippen molar-refractivity contribution in [3.8, 4) is 5.75 Å². The van der Waals surface area contributed by atoms with Gasteiger partial charge in [0.1, 0.15) is 5.75 Å². The first kappa shape index (κ1) is 17.6. The normalized spacial score (nSPS) is 10.5. The van der Waals surface area contributed by atoms with Gasteiger partial charge < -0.3 is 10.1 Å². The molecule has 0 saturated carbocycles. The van der Waals surface area contributed by atoms with Crippen LogP contribution in [0.2, 0.25) is 0 Å². The van der Waals surface area contributed by atoms with Gasteiger partial charge in [-0.15, -0.1) is 13.2 Å². The molecule has 118 valence electrons. The molecule has 1 N–H and O–H groups in total. The first-order valence-electron chi connectivity index (χ1n) is 6.07. The van der Waals surface area contributed by atoms with Gasteiger partial charge in [-0.1, -0.05) is 19.6 Å². The fourth-order valence-corrected chi connectivity index (χ4v) is 1.73. The molecular formula is C16H16F3NO2. The predicted molar refractivity (Wildman–Crippen MR) is 79.0 cm³/mol. The van der Waals surface area contributed by atoms with Gasteiger partial charge in [0, 0.05) is 11.3 Å². The van der Waals surface area contributed by atoms with E-state index in [1.54, 1.807) is 18.2 Å². The Labute approximate surface area is 126 Å². The summed E-state index contributed by atoms with van der Waals surface area (Å²) in [5.74, 6) is -0.770. The second kappa shape index (κ2) is 6.98. The molecule has 0 bridgehead atoms. The van der Waals surface area contributed by atoms with Crippen molar-refractivity contribution in [3.05, 3.63) is 59.7 Å². The maximum Gasteiger partial charge on any atom is 0.573 e. The Morgan fingerprint density at radius 1 is 1.09 bits per heavy atom. The molecule has 0 fully saturated rings. The van der Waals surface area contributed by atoms with Crippen LogP contribution in [-0.2, 0) is 0 Å². The zero-order chi connectivity index (χ0) is 15.5. The molecule has 0 unspecified atom stereocenters. The van der Waals surface area contributed by atoms with Gasteiger partial charge in [0.15, 0.2) is 0 Å². The van der Waals surface area contributed by atoms with Crippen LogP contribution >= 0.6 is 0 Å². The van der Waals surface area contributed by atoms with E-state index in [0.717, 1.165) is 17.7 Å². The molecule has 3 nitrogen and oxygen atoms in total. The summed E-state index contributed by atoms with van der Waals surface area (Å²) in [6, 6.07) is 11.9. The van der Waals surface area contributed by atoms with E-state index in [9.17, 15) is 18.0 Å². The van der Waals surface area contributed by atoms with Crippen molar-refractivity contribution in [2.24, 2.45) is 0 Å². The van der Waals surface area contributed by atoms with Crippen LogP contribution in [0.25, 0.3) is 0 Å². The summed E-state index contributed by atoms with van der Waals surface area (Å²) < 4.78 is 39.8. The number of carbonyl (C=O) groups is 1. The summed E-state index contributed by atoms with van der Waals surface area (Å²) in [4.78, 5) is 11.9. The Hall–Kier alpha value is -2.50. The van der Waals surface area contributed by atoms with Gasteiger partial charge in [-0.2, -0.15) is 0 Å².